The standard InChI is InChI=1S/C42H43FN6O4/c1-8-26-11-9-12-27-13-10-14-29(31(26)27)34-33(43)35-32-37(46-39(45-35)51-22-42-17-23(2)19-47(42)20-24(3)18-42)48-21-28-15-16-30(36(48)25(4)52-38(32)44-34)49(28)40(50)53-41(5,6)7/h1,9-14,25,28,30,36H,2-3,15-22H2,4-7H3/t25-,28+,30-,36+/m0/s1. The summed E-state index contributed by atoms with van der Waals surface area (Å²) in [5.41, 5.74) is 2.63. The van der Waals surface area contributed by atoms with Crippen LogP contribution < -0.4 is 14.4 Å². The van der Waals surface area contributed by atoms with Gasteiger partial charge in [0.25, 0.3) is 0 Å². The summed E-state index contributed by atoms with van der Waals surface area (Å²) in [5, 5.41) is 1.95. The average molecular weight is 715 g/mol. The van der Waals surface area contributed by atoms with E-state index in [1.54, 1.807) is 0 Å². The lowest BCUT2D eigenvalue weighted by atomic mass is 9.92. The van der Waals surface area contributed by atoms with Crippen molar-refractivity contribution in [1.29, 1.82) is 0 Å². The summed E-state index contributed by atoms with van der Waals surface area (Å²) in [6, 6.07) is 10.7. The average Bonchev–Trinajstić information content (AvgIpc) is 3.67. The third-order valence-corrected chi connectivity index (χ3v) is 11.5. The fourth-order valence-electron chi connectivity index (χ4n) is 9.57. The number of aromatic nitrogens is 3. The summed E-state index contributed by atoms with van der Waals surface area (Å²) in [6.45, 7) is 18.4. The van der Waals surface area contributed by atoms with Gasteiger partial charge >= 0.3 is 12.1 Å². The van der Waals surface area contributed by atoms with Crippen molar-refractivity contribution in [3.63, 3.8) is 0 Å². The number of anilines is 1. The molecular formula is C42H43FN6O4. The number of piperazine rings is 1. The van der Waals surface area contributed by atoms with E-state index in [9.17, 15) is 4.79 Å². The highest BCUT2D eigenvalue weighted by Gasteiger charge is 2.54. The minimum atomic E-state index is -0.647. The lowest BCUT2D eigenvalue weighted by molar-refractivity contribution is 0.000938. The second-order valence-electron chi connectivity index (χ2n) is 16.4. The van der Waals surface area contributed by atoms with Gasteiger partial charge in [-0.25, -0.2) is 14.2 Å². The van der Waals surface area contributed by atoms with Crippen molar-refractivity contribution in [3.05, 3.63) is 72.1 Å². The lowest BCUT2D eigenvalue weighted by Gasteiger charge is -2.48. The van der Waals surface area contributed by atoms with E-state index in [1.807, 2.05) is 69.0 Å². The third kappa shape index (κ3) is 5.32. The van der Waals surface area contributed by atoms with Gasteiger partial charge in [-0.2, -0.15) is 9.97 Å². The second-order valence-corrected chi connectivity index (χ2v) is 16.4. The Balaban J connectivity index is 1.21. The molecule has 4 atom stereocenters. The molecule has 7 heterocycles. The number of nitrogens with zero attached hydrogens (tertiary/aromatic N) is 6. The molecule has 0 spiro atoms. The molecule has 53 heavy (non-hydrogen) atoms. The number of rotatable bonds is 4. The first kappa shape index (κ1) is 33.6. The monoisotopic (exact) mass is 714 g/mol. The van der Waals surface area contributed by atoms with Gasteiger partial charge in [0, 0.05) is 36.1 Å². The minimum Gasteiger partial charge on any atom is -0.472 e. The fourth-order valence-corrected chi connectivity index (χ4v) is 9.57. The molecule has 10 nitrogen and oxygen atoms in total. The summed E-state index contributed by atoms with van der Waals surface area (Å²) in [6.07, 6.45) is 8.26. The van der Waals surface area contributed by atoms with Crippen LogP contribution in [0.5, 0.6) is 11.9 Å². The number of fused-ring (bicyclic) bond motifs is 7. The van der Waals surface area contributed by atoms with Crippen molar-refractivity contribution in [1.82, 2.24) is 24.8 Å². The van der Waals surface area contributed by atoms with Gasteiger partial charge in [0.05, 0.1) is 23.7 Å². The zero-order valence-corrected chi connectivity index (χ0v) is 30.6. The molecule has 2 aromatic heterocycles. The number of carbonyl (C=O) groups is 1. The number of amides is 1. The predicted octanol–water partition coefficient (Wildman–Crippen LogP) is 7.04. The first-order valence-corrected chi connectivity index (χ1v) is 18.4. The van der Waals surface area contributed by atoms with Gasteiger partial charge in [-0.1, -0.05) is 60.6 Å². The van der Waals surface area contributed by atoms with E-state index in [0.29, 0.717) is 40.9 Å². The molecule has 0 unspecified atom stereocenters. The van der Waals surface area contributed by atoms with E-state index in [2.05, 4.69) is 28.9 Å². The maximum Gasteiger partial charge on any atom is 0.410 e. The highest BCUT2D eigenvalue weighted by Crippen LogP contribution is 2.48. The number of benzene rings is 2. The number of carbonyl (C=O) groups excluding carboxylic acids is 1. The summed E-state index contributed by atoms with van der Waals surface area (Å²) in [5.74, 6) is 2.85. The van der Waals surface area contributed by atoms with Gasteiger partial charge in [0.2, 0.25) is 5.88 Å². The van der Waals surface area contributed by atoms with E-state index in [-0.39, 0.29) is 52.9 Å². The van der Waals surface area contributed by atoms with Crippen LogP contribution in [0.25, 0.3) is 32.9 Å². The van der Waals surface area contributed by atoms with Crippen molar-refractivity contribution >= 4 is 33.6 Å². The van der Waals surface area contributed by atoms with Gasteiger partial charge in [-0.3, -0.25) is 9.80 Å². The molecule has 2 aromatic carbocycles. The minimum absolute atomic E-state index is 0.0518. The van der Waals surface area contributed by atoms with Crippen LogP contribution in [0, 0.1) is 18.2 Å². The van der Waals surface area contributed by atoms with E-state index in [0.717, 1.165) is 55.3 Å². The van der Waals surface area contributed by atoms with Crippen LogP contribution in [0.4, 0.5) is 15.0 Å². The Morgan fingerprint density at radius 1 is 1.08 bits per heavy atom. The van der Waals surface area contributed by atoms with Crippen molar-refractivity contribution in [3.8, 4) is 35.5 Å². The Kier molecular flexibility index (Phi) is 7.55. The smallest absolute Gasteiger partial charge is 0.410 e. The first-order valence-electron chi connectivity index (χ1n) is 18.4. The van der Waals surface area contributed by atoms with E-state index in [4.69, 9.17) is 35.6 Å². The topological polar surface area (TPSA) is 93.2 Å². The van der Waals surface area contributed by atoms with Crippen LogP contribution in [0.1, 0.15) is 58.9 Å². The molecule has 5 aliphatic heterocycles. The van der Waals surface area contributed by atoms with Crippen LogP contribution in [-0.4, -0.2) is 92.5 Å². The Labute approximate surface area is 308 Å². The van der Waals surface area contributed by atoms with E-state index >= 15 is 4.39 Å². The summed E-state index contributed by atoms with van der Waals surface area (Å²) < 4.78 is 36.6. The molecule has 4 saturated heterocycles. The molecule has 0 N–H and O–H groups in total. The molecule has 0 radical (unpaired) electrons. The van der Waals surface area contributed by atoms with Gasteiger partial charge in [-0.15, -0.1) is 6.42 Å². The molecule has 0 saturated carbocycles. The van der Waals surface area contributed by atoms with Crippen molar-refractivity contribution < 1.29 is 23.4 Å². The fraction of sp³-hybridized carbons (Fsp3) is 0.429. The maximum atomic E-state index is 17.4. The number of halogens is 1. The molecule has 1 amide bonds. The predicted molar refractivity (Wildman–Crippen MR) is 202 cm³/mol. The molecule has 11 heteroatoms. The van der Waals surface area contributed by atoms with Crippen LogP contribution >= 0.6 is 0 Å². The van der Waals surface area contributed by atoms with Crippen LogP contribution in [0.2, 0.25) is 0 Å². The largest absolute Gasteiger partial charge is 0.472 e. The molecule has 9 rings (SSSR count). The zero-order chi connectivity index (χ0) is 37.0. The molecule has 2 bridgehead atoms. The van der Waals surface area contributed by atoms with Gasteiger partial charge in [-0.05, 0) is 64.8 Å². The third-order valence-electron chi connectivity index (χ3n) is 11.5. The Morgan fingerprint density at radius 2 is 1.81 bits per heavy atom. The van der Waals surface area contributed by atoms with Gasteiger partial charge in [0.15, 0.2) is 5.82 Å². The molecular weight excluding hydrogens is 671 g/mol. The summed E-state index contributed by atoms with van der Waals surface area (Å²) in [7, 11) is 0. The second kappa shape index (κ2) is 11.9. The van der Waals surface area contributed by atoms with Crippen LogP contribution in [0.15, 0.2) is 60.7 Å². The molecule has 272 valence electrons. The normalized spacial score (nSPS) is 24.5. The SMILES string of the molecule is C#Cc1cccc2cccc(-c3nc4c5c(nc(OCC67CC(=C)CN6CC(=C)C7)nc5c3F)N3C[C@H]5CC[C@@H]([C@H]3[C@H](C)O4)N5C(=O)OC(C)(C)C)c12. The van der Waals surface area contributed by atoms with E-state index < -0.39 is 17.5 Å². The molecule has 5 aliphatic rings. The lowest BCUT2D eigenvalue weighted by Crippen LogP contribution is -2.65. The van der Waals surface area contributed by atoms with Crippen LogP contribution in [-0.2, 0) is 4.74 Å². The van der Waals surface area contributed by atoms with Gasteiger partial charge < -0.3 is 19.1 Å². The van der Waals surface area contributed by atoms with Crippen molar-refractivity contribution in [2.75, 3.05) is 31.1 Å². The highest BCUT2D eigenvalue weighted by molar-refractivity contribution is 6.03. The molecule has 4 fully saturated rings. The van der Waals surface area contributed by atoms with Crippen molar-refractivity contribution in [2.24, 2.45) is 0 Å². The van der Waals surface area contributed by atoms with Gasteiger partial charge in [0.1, 0.15) is 40.7 Å². The Hall–Kier alpha value is -5.21. The van der Waals surface area contributed by atoms with Crippen molar-refractivity contribution in [2.45, 2.75) is 88.7 Å². The molecule has 4 aromatic rings. The number of terminal acetylenes is 1. The number of ether oxygens (including phenoxy) is 3. The Bertz CT molecular complexity index is 2270. The summed E-state index contributed by atoms with van der Waals surface area (Å²) in [4.78, 5) is 34.8. The maximum absolute atomic E-state index is 17.4. The molecule has 0 aliphatic carbocycles. The first-order chi connectivity index (χ1) is 25.3. The number of hydrogen-bond donors (Lipinski definition) is 0. The summed E-state index contributed by atoms with van der Waals surface area (Å²) >= 11 is 0. The number of pyridine rings is 1. The Morgan fingerprint density at radius 3 is 2.53 bits per heavy atom. The zero-order valence-electron chi connectivity index (χ0n) is 30.6. The quantitative estimate of drug-likeness (QED) is 0.163. The van der Waals surface area contributed by atoms with E-state index in [1.165, 1.54) is 0 Å². The number of hydrogen-bond acceptors (Lipinski definition) is 9. The van der Waals surface area contributed by atoms with Crippen LogP contribution in [0.3, 0.4) is 0 Å². The highest BCUT2D eigenvalue weighted by atomic mass is 19.1.